The lowest BCUT2D eigenvalue weighted by Crippen LogP contribution is -2.42. The molecule has 1 atom stereocenters. The minimum atomic E-state index is -0.873. The molecule has 0 saturated heterocycles. The summed E-state index contributed by atoms with van der Waals surface area (Å²) < 4.78 is 26.8. The van der Waals surface area contributed by atoms with E-state index in [1.54, 1.807) is 24.3 Å². The van der Waals surface area contributed by atoms with Gasteiger partial charge in [-0.3, -0.25) is 0 Å². The maximum absolute atomic E-state index is 13.8. The Balaban J connectivity index is 2.16. The molecule has 0 aromatic heterocycles. The molecule has 2 amide bonds. The molecule has 0 fully saturated rings. The Kier molecular flexibility index (Phi) is 6.32. The molecule has 0 aliphatic rings. The number of halogens is 2. The van der Waals surface area contributed by atoms with E-state index in [4.69, 9.17) is 0 Å². The molecule has 0 bridgehead atoms. The number of anilines is 1. The lowest BCUT2D eigenvalue weighted by atomic mass is 9.95. The Bertz CT molecular complexity index is 745. The molecule has 6 heteroatoms. The fraction of sp³-hybridized carbons (Fsp3) is 0.350. The molecule has 2 N–H and O–H groups in total. The first-order chi connectivity index (χ1) is 12.2. The smallest absolute Gasteiger partial charge is 0.322 e. The molecular weight excluding hydrogens is 338 g/mol. The summed E-state index contributed by atoms with van der Waals surface area (Å²) in [6.45, 7) is 6.28. The molecule has 0 aliphatic heterocycles. The summed E-state index contributed by atoms with van der Waals surface area (Å²) in [5.74, 6) is -1.57. The van der Waals surface area contributed by atoms with E-state index in [2.05, 4.69) is 5.32 Å². The Morgan fingerprint density at radius 2 is 1.81 bits per heavy atom. The highest BCUT2D eigenvalue weighted by Crippen LogP contribution is 2.21. The molecule has 0 radical (unpaired) electrons. The average molecular weight is 362 g/mol. The third kappa shape index (κ3) is 5.81. The van der Waals surface area contributed by atoms with Crippen LogP contribution >= 0.6 is 0 Å². The van der Waals surface area contributed by atoms with E-state index >= 15 is 0 Å². The Morgan fingerprint density at radius 3 is 2.38 bits per heavy atom. The van der Waals surface area contributed by atoms with Crippen LogP contribution in [0.5, 0.6) is 0 Å². The molecule has 0 heterocycles. The number of rotatable bonds is 5. The van der Waals surface area contributed by atoms with Crippen LogP contribution < -0.4 is 5.32 Å². The summed E-state index contributed by atoms with van der Waals surface area (Å²) in [4.78, 5) is 14.1. The van der Waals surface area contributed by atoms with Crippen molar-refractivity contribution in [1.82, 2.24) is 4.90 Å². The lowest BCUT2D eigenvalue weighted by Gasteiger charge is -2.31. The fourth-order valence-electron chi connectivity index (χ4n) is 2.57. The number of hydrogen-bond donors (Lipinski definition) is 2. The summed E-state index contributed by atoms with van der Waals surface area (Å²) in [6.07, 6.45) is -0.873. The normalized spacial score (nSPS) is 12.5. The van der Waals surface area contributed by atoms with Crippen LogP contribution in [0.4, 0.5) is 19.3 Å². The zero-order valence-electron chi connectivity index (χ0n) is 15.2. The van der Waals surface area contributed by atoms with Gasteiger partial charge in [0.2, 0.25) is 0 Å². The first kappa shape index (κ1) is 19.8. The molecule has 26 heavy (non-hydrogen) atoms. The van der Waals surface area contributed by atoms with Gasteiger partial charge in [0.1, 0.15) is 11.6 Å². The van der Waals surface area contributed by atoms with Gasteiger partial charge in [0.25, 0.3) is 0 Å². The number of carbonyl (C=O) groups is 1. The van der Waals surface area contributed by atoms with Crippen LogP contribution in [-0.2, 0) is 0 Å². The third-order valence-electron chi connectivity index (χ3n) is 3.70. The first-order valence-corrected chi connectivity index (χ1v) is 8.40. The van der Waals surface area contributed by atoms with E-state index in [9.17, 15) is 18.7 Å². The van der Waals surface area contributed by atoms with Gasteiger partial charge in [0.15, 0.2) is 0 Å². The molecule has 2 aromatic carbocycles. The molecule has 0 spiro atoms. The lowest BCUT2D eigenvalue weighted by molar-refractivity contribution is 0.110. The quantitative estimate of drug-likeness (QED) is 0.818. The van der Waals surface area contributed by atoms with Crippen molar-refractivity contribution in [1.29, 1.82) is 0 Å². The van der Waals surface area contributed by atoms with Crippen LogP contribution in [0, 0.1) is 17.0 Å². The van der Waals surface area contributed by atoms with E-state index in [1.807, 2.05) is 26.8 Å². The standard InChI is InChI=1S/C20H24F2N2O2/c1-20(2,3)13-24(12-18(25)14-7-5-4-6-8-14)19(26)23-17-10-9-15(21)11-16(17)22/h4-11,18,25H,12-13H2,1-3H3,(H,23,26). The minimum Gasteiger partial charge on any atom is -0.387 e. The number of urea groups is 1. The highest BCUT2D eigenvalue weighted by Gasteiger charge is 2.24. The highest BCUT2D eigenvalue weighted by atomic mass is 19.1. The SMILES string of the molecule is CC(C)(C)CN(CC(O)c1ccccc1)C(=O)Nc1ccc(F)cc1F. The third-order valence-corrected chi connectivity index (χ3v) is 3.70. The number of aliphatic hydroxyl groups excluding tert-OH is 1. The number of nitrogens with one attached hydrogen (secondary N) is 1. The predicted molar refractivity (Wildman–Crippen MR) is 97.8 cm³/mol. The maximum Gasteiger partial charge on any atom is 0.322 e. The zero-order chi connectivity index (χ0) is 19.3. The van der Waals surface area contributed by atoms with Gasteiger partial charge in [-0.15, -0.1) is 0 Å². The summed E-state index contributed by atoms with van der Waals surface area (Å²) in [6, 6.07) is 11.4. The van der Waals surface area contributed by atoms with E-state index in [-0.39, 0.29) is 17.6 Å². The van der Waals surface area contributed by atoms with E-state index in [1.165, 1.54) is 11.0 Å². The van der Waals surface area contributed by atoms with Crippen molar-refractivity contribution in [3.05, 3.63) is 65.7 Å². The largest absolute Gasteiger partial charge is 0.387 e. The second-order valence-corrected chi connectivity index (χ2v) is 7.42. The van der Waals surface area contributed by atoms with Crippen molar-refractivity contribution < 1.29 is 18.7 Å². The molecule has 0 aliphatic carbocycles. The number of benzene rings is 2. The minimum absolute atomic E-state index is 0.0515. The Labute approximate surface area is 152 Å². The second kappa shape index (κ2) is 8.27. The Morgan fingerprint density at radius 1 is 1.15 bits per heavy atom. The first-order valence-electron chi connectivity index (χ1n) is 8.40. The van der Waals surface area contributed by atoms with Gasteiger partial charge < -0.3 is 15.3 Å². The van der Waals surface area contributed by atoms with Crippen molar-refractivity contribution in [2.24, 2.45) is 5.41 Å². The van der Waals surface area contributed by atoms with Gasteiger partial charge in [-0.05, 0) is 23.1 Å². The van der Waals surface area contributed by atoms with Crippen molar-refractivity contribution in [3.8, 4) is 0 Å². The molecule has 1 unspecified atom stereocenters. The van der Waals surface area contributed by atoms with Gasteiger partial charge >= 0.3 is 6.03 Å². The number of nitrogens with zero attached hydrogens (tertiary/aromatic N) is 1. The van der Waals surface area contributed by atoms with Crippen molar-refractivity contribution >= 4 is 11.7 Å². The highest BCUT2D eigenvalue weighted by molar-refractivity contribution is 5.89. The number of carbonyl (C=O) groups excluding carboxylic acids is 1. The molecule has 2 aromatic rings. The van der Waals surface area contributed by atoms with Gasteiger partial charge in [-0.25, -0.2) is 13.6 Å². The van der Waals surface area contributed by atoms with Crippen molar-refractivity contribution in [2.75, 3.05) is 18.4 Å². The van der Waals surface area contributed by atoms with E-state index in [0.29, 0.717) is 18.2 Å². The van der Waals surface area contributed by atoms with Crippen LogP contribution in [0.3, 0.4) is 0 Å². The second-order valence-electron chi connectivity index (χ2n) is 7.42. The van der Waals surface area contributed by atoms with Crippen molar-refractivity contribution in [2.45, 2.75) is 26.9 Å². The fourth-order valence-corrected chi connectivity index (χ4v) is 2.57. The van der Waals surface area contributed by atoms with E-state index < -0.39 is 23.8 Å². The number of amides is 2. The molecule has 4 nitrogen and oxygen atoms in total. The maximum atomic E-state index is 13.8. The summed E-state index contributed by atoms with van der Waals surface area (Å²) in [5, 5.41) is 12.9. The summed E-state index contributed by atoms with van der Waals surface area (Å²) in [5.41, 5.74) is 0.353. The Hall–Kier alpha value is -2.47. The van der Waals surface area contributed by atoms with Crippen LogP contribution in [0.1, 0.15) is 32.4 Å². The van der Waals surface area contributed by atoms with E-state index in [0.717, 1.165) is 6.07 Å². The van der Waals surface area contributed by atoms with Crippen LogP contribution in [0.25, 0.3) is 0 Å². The van der Waals surface area contributed by atoms with Crippen molar-refractivity contribution in [3.63, 3.8) is 0 Å². The van der Waals surface area contributed by atoms with Gasteiger partial charge in [-0.2, -0.15) is 0 Å². The van der Waals surface area contributed by atoms with Crippen LogP contribution in [0.2, 0.25) is 0 Å². The average Bonchev–Trinajstić information content (AvgIpc) is 2.56. The summed E-state index contributed by atoms with van der Waals surface area (Å²) in [7, 11) is 0. The zero-order valence-corrected chi connectivity index (χ0v) is 15.2. The van der Waals surface area contributed by atoms with Crippen LogP contribution in [0.15, 0.2) is 48.5 Å². The molecule has 140 valence electrons. The predicted octanol–water partition coefficient (Wildman–Crippen LogP) is 4.58. The van der Waals surface area contributed by atoms with Crippen LogP contribution in [-0.4, -0.2) is 29.1 Å². The molecular formula is C20H24F2N2O2. The van der Waals surface area contributed by atoms with Gasteiger partial charge in [0.05, 0.1) is 18.3 Å². The molecule has 0 saturated carbocycles. The van der Waals surface area contributed by atoms with Gasteiger partial charge in [-0.1, -0.05) is 51.1 Å². The number of aliphatic hydroxyl groups is 1. The topological polar surface area (TPSA) is 52.6 Å². The molecule has 2 rings (SSSR count). The van der Waals surface area contributed by atoms with Gasteiger partial charge in [0, 0.05) is 12.6 Å². The number of hydrogen-bond acceptors (Lipinski definition) is 2. The monoisotopic (exact) mass is 362 g/mol. The summed E-state index contributed by atoms with van der Waals surface area (Å²) >= 11 is 0.